The number of nitrogens with two attached hydrogens (primary N) is 1. The molecule has 2 aromatic rings. The molecular weight excluding hydrogens is 312 g/mol. The van der Waals surface area contributed by atoms with E-state index in [0.29, 0.717) is 18.0 Å². The first-order valence-electron chi connectivity index (χ1n) is 7.81. The van der Waals surface area contributed by atoms with Gasteiger partial charge in [0.2, 0.25) is 0 Å². The molecule has 3 rings (SSSR count). The first kappa shape index (κ1) is 17.5. The van der Waals surface area contributed by atoms with Gasteiger partial charge in [-0.05, 0) is 44.4 Å². The molecule has 2 unspecified atom stereocenters. The summed E-state index contributed by atoms with van der Waals surface area (Å²) in [6.07, 6.45) is 5.05. The smallest absolute Gasteiger partial charge is 0.254 e. The van der Waals surface area contributed by atoms with E-state index >= 15 is 0 Å². The fourth-order valence-corrected chi connectivity index (χ4v) is 3.15. The van der Waals surface area contributed by atoms with Crippen LogP contribution in [0.1, 0.15) is 35.3 Å². The number of carbonyl (C=O) groups excluding carboxylic acids is 1. The summed E-state index contributed by atoms with van der Waals surface area (Å²) in [4.78, 5) is 12.5. The highest BCUT2D eigenvalue weighted by molar-refractivity contribution is 5.95. The SMILES string of the molecule is Cc1nn(-c2ccccc2)cc1C(=O)NC1CCCC1CN.Cl. The quantitative estimate of drug-likeness (QED) is 0.902. The summed E-state index contributed by atoms with van der Waals surface area (Å²) in [6.45, 7) is 2.50. The minimum atomic E-state index is -0.0509. The second-order valence-corrected chi connectivity index (χ2v) is 5.91. The van der Waals surface area contributed by atoms with Gasteiger partial charge in [0.1, 0.15) is 0 Å². The van der Waals surface area contributed by atoms with Crippen molar-refractivity contribution >= 4 is 18.3 Å². The Hall–Kier alpha value is -1.85. The normalized spacial score (nSPS) is 20.1. The number of aryl methyl sites for hydroxylation is 1. The maximum Gasteiger partial charge on any atom is 0.254 e. The molecule has 5 nitrogen and oxygen atoms in total. The zero-order chi connectivity index (χ0) is 15.5. The van der Waals surface area contributed by atoms with E-state index in [2.05, 4.69) is 10.4 Å². The summed E-state index contributed by atoms with van der Waals surface area (Å²) in [7, 11) is 0. The summed E-state index contributed by atoms with van der Waals surface area (Å²) in [5.74, 6) is 0.346. The third kappa shape index (κ3) is 3.74. The molecule has 0 radical (unpaired) electrons. The lowest BCUT2D eigenvalue weighted by atomic mass is 10.0. The van der Waals surface area contributed by atoms with E-state index in [1.54, 1.807) is 10.9 Å². The number of nitrogens with zero attached hydrogens (tertiary/aromatic N) is 2. The highest BCUT2D eigenvalue weighted by atomic mass is 35.5. The van der Waals surface area contributed by atoms with Crippen molar-refractivity contribution in [1.29, 1.82) is 0 Å². The van der Waals surface area contributed by atoms with Crippen molar-refractivity contribution in [3.05, 3.63) is 47.8 Å². The molecule has 2 atom stereocenters. The summed E-state index contributed by atoms with van der Waals surface area (Å²) in [6, 6.07) is 10.00. The first-order chi connectivity index (χ1) is 10.7. The second-order valence-electron chi connectivity index (χ2n) is 5.91. The number of nitrogens with one attached hydrogen (secondary N) is 1. The largest absolute Gasteiger partial charge is 0.349 e. The molecule has 1 amide bonds. The molecule has 1 heterocycles. The maximum atomic E-state index is 12.5. The van der Waals surface area contributed by atoms with Crippen LogP contribution < -0.4 is 11.1 Å². The molecule has 6 heteroatoms. The van der Waals surface area contributed by atoms with Gasteiger partial charge in [0.05, 0.1) is 16.9 Å². The number of halogens is 1. The zero-order valence-corrected chi connectivity index (χ0v) is 14.1. The molecule has 1 aromatic carbocycles. The average Bonchev–Trinajstić information content (AvgIpc) is 3.14. The van der Waals surface area contributed by atoms with Gasteiger partial charge < -0.3 is 11.1 Å². The molecular formula is C17H23ClN4O. The van der Waals surface area contributed by atoms with Gasteiger partial charge in [-0.2, -0.15) is 5.10 Å². The lowest BCUT2D eigenvalue weighted by Gasteiger charge is -2.19. The molecule has 1 fully saturated rings. The van der Waals surface area contributed by atoms with Gasteiger partial charge in [-0.25, -0.2) is 4.68 Å². The number of hydrogen-bond donors (Lipinski definition) is 2. The number of aromatic nitrogens is 2. The van der Waals surface area contributed by atoms with E-state index in [-0.39, 0.29) is 24.4 Å². The van der Waals surface area contributed by atoms with Gasteiger partial charge in [0.25, 0.3) is 5.91 Å². The minimum Gasteiger partial charge on any atom is -0.349 e. The Morgan fingerprint density at radius 1 is 1.35 bits per heavy atom. The summed E-state index contributed by atoms with van der Waals surface area (Å²) < 4.78 is 1.75. The average molecular weight is 335 g/mol. The van der Waals surface area contributed by atoms with Crippen LogP contribution in [0.25, 0.3) is 5.69 Å². The Morgan fingerprint density at radius 2 is 2.09 bits per heavy atom. The van der Waals surface area contributed by atoms with Gasteiger partial charge in [-0.1, -0.05) is 24.6 Å². The predicted molar refractivity (Wildman–Crippen MR) is 93.2 cm³/mol. The van der Waals surface area contributed by atoms with Gasteiger partial charge in [-0.15, -0.1) is 12.4 Å². The molecule has 0 saturated heterocycles. The van der Waals surface area contributed by atoms with E-state index in [1.165, 1.54) is 0 Å². The van der Waals surface area contributed by atoms with Crippen LogP contribution in [0.5, 0.6) is 0 Å². The molecule has 23 heavy (non-hydrogen) atoms. The molecule has 0 aliphatic heterocycles. The van der Waals surface area contributed by atoms with Crippen molar-refractivity contribution in [2.45, 2.75) is 32.2 Å². The fraction of sp³-hybridized carbons (Fsp3) is 0.412. The van der Waals surface area contributed by atoms with Crippen LogP contribution in [-0.2, 0) is 0 Å². The van der Waals surface area contributed by atoms with Crippen LogP contribution in [0.15, 0.2) is 36.5 Å². The van der Waals surface area contributed by atoms with Crippen LogP contribution in [0.4, 0.5) is 0 Å². The van der Waals surface area contributed by atoms with E-state index in [1.807, 2.05) is 37.3 Å². The Bertz CT molecular complexity index is 656. The highest BCUT2D eigenvalue weighted by Crippen LogP contribution is 2.25. The maximum absolute atomic E-state index is 12.5. The van der Waals surface area contributed by atoms with E-state index in [4.69, 9.17) is 5.73 Å². The number of benzene rings is 1. The van der Waals surface area contributed by atoms with Crippen LogP contribution in [-0.4, -0.2) is 28.3 Å². The van der Waals surface area contributed by atoms with Gasteiger partial charge >= 0.3 is 0 Å². The van der Waals surface area contributed by atoms with Gasteiger partial charge in [0, 0.05) is 12.2 Å². The van der Waals surface area contributed by atoms with Gasteiger partial charge in [-0.3, -0.25) is 4.79 Å². The highest BCUT2D eigenvalue weighted by Gasteiger charge is 2.28. The standard InChI is InChI=1S/C17H22N4O.ClH/c1-12-15(11-21(20-12)14-7-3-2-4-8-14)17(22)19-16-9-5-6-13(16)10-18;/h2-4,7-8,11,13,16H,5-6,9-10,18H2,1H3,(H,19,22);1H. The Labute approximate surface area is 142 Å². The van der Waals surface area contributed by atoms with Crippen LogP contribution in [0.3, 0.4) is 0 Å². The third-order valence-electron chi connectivity index (χ3n) is 4.44. The van der Waals surface area contributed by atoms with Crippen LogP contribution in [0.2, 0.25) is 0 Å². The molecule has 0 bridgehead atoms. The van der Waals surface area contributed by atoms with E-state index in [9.17, 15) is 4.79 Å². The molecule has 124 valence electrons. The summed E-state index contributed by atoms with van der Waals surface area (Å²) >= 11 is 0. The van der Waals surface area contributed by atoms with Crippen molar-refractivity contribution in [3.8, 4) is 5.69 Å². The van der Waals surface area contributed by atoms with E-state index in [0.717, 1.165) is 30.6 Å². The Balaban J connectivity index is 0.00000192. The minimum absolute atomic E-state index is 0. The lowest BCUT2D eigenvalue weighted by molar-refractivity contribution is 0.0928. The number of para-hydroxylation sites is 1. The number of amides is 1. The monoisotopic (exact) mass is 334 g/mol. The topological polar surface area (TPSA) is 72.9 Å². The van der Waals surface area contributed by atoms with Crippen molar-refractivity contribution in [1.82, 2.24) is 15.1 Å². The molecule has 1 aliphatic carbocycles. The van der Waals surface area contributed by atoms with Crippen molar-refractivity contribution in [2.75, 3.05) is 6.54 Å². The summed E-state index contributed by atoms with van der Waals surface area (Å²) in [5, 5.41) is 7.58. The van der Waals surface area contributed by atoms with Crippen LogP contribution in [0, 0.1) is 12.8 Å². The van der Waals surface area contributed by atoms with Gasteiger partial charge in [0.15, 0.2) is 0 Å². The molecule has 0 spiro atoms. The second kappa shape index (κ2) is 7.62. The third-order valence-corrected chi connectivity index (χ3v) is 4.44. The Morgan fingerprint density at radius 3 is 2.78 bits per heavy atom. The lowest BCUT2D eigenvalue weighted by Crippen LogP contribution is -2.39. The number of hydrogen-bond acceptors (Lipinski definition) is 3. The molecule has 1 saturated carbocycles. The van der Waals surface area contributed by atoms with Crippen molar-refractivity contribution in [3.63, 3.8) is 0 Å². The molecule has 1 aromatic heterocycles. The zero-order valence-electron chi connectivity index (χ0n) is 13.2. The number of carbonyl (C=O) groups is 1. The molecule has 1 aliphatic rings. The van der Waals surface area contributed by atoms with Crippen molar-refractivity contribution < 1.29 is 4.79 Å². The first-order valence-corrected chi connectivity index (χ1v) is 7.81. The Kier molecular flexibility index (Phi) is 5.80. The predicted octanol–water partition coefficient (Wildman–Crippen LogP) is 2.46. The van der Waals surface area contributed by atoms with Crippen LogP contribution >= 0.6 is 12.4 Å². The van der Waals surface area contributed by atoms with E-state index < -0.39 is 0 Å². The van der Waals surface area contributed by atoms with Crippen molar-refractivity contribution in [2.24, 2.45) is 11.7 Å². The fourth-order valence-electron chi connectivity index (χ4n) is 3.15. The molecule has 3 N–H and O–H groups in total. The number of rotatable bonds is 4. The summed E-state index contributed by atoms with van der Waals surface area (Å²) in [5.41, 5.74) is 8.10.